The number of epoxide rings is 2. The highest BCUT2D eigenvalue weighted by atomic mass is 16.7. The Hall–Kier alpha value is -1.63. The van der Waals surface area contributed by atoms with E-state index in [2.05, 4.69) is 6.92 Å². The second kappa shape index (κ2) is 7.94. The molecule has 3 fully saturated rings. The highest BCUT2D eigenvalue weighted by Gasteiger charge is 2.46. The number of benzene rings is 1. The van der Waals surface area contributed by atoms with E-state index >= 15 is 0 Å². The predicted molar refractivity (Wildman–Crippen MR) is 93.1 cm³/mol. The number of hydrogen-bond donors (Lipinski definition) is 0. The number of carbonyl (C=O) groups is 1. The van der Waals surface area contributed by atoms with Crippen LogP contribution in [0.5, 0.6) is 11.5 Å². The Morgan fingerprint density at radius 3 is 2.65 bits per heavy atom. The first-order chi connectivity index (χ1) is 12.7. The lowest BCUT2D eigenvalue weighted by atomic mass is 9.89. The molecule has 2 aliphatic heterocycles. The number of rotatable bonds is 9. The minimum Gasteiger partial charge on any atom is -0.465 e. The SMILES string of the molecule is CCCC(OCC1CO1)Oc1ccc(OC(=O)C2CCC3OC3C2)cc1. The van der Waals surface area contributed by atoms with Gasteiger partial charge in [0.1, 0.15) is 17.6 Å². The van der Waals surface area contributed by atoms with Gasteiger partial charge in [-0.3, -0.25) is 4.79 Å². The number of fused-ring (bicyclic) bond motifs is 1. The van der Waals surface area contributed by atoms with Gasteiger partial charge in [-0.15, -0.1) is 0 Å². The summed E-state index contributed by atoms with van der Waals surface area (Å²) >= 11 is 0. The van der Waals surface area contributed by atoms with Crippen LogP contribution in [0, 0.1) is 5.92 Å². The van der Waals surface area contributed by atoms with Crippen LogP contribution in [0.1, 0.15) is 39.0 Å². The number of hydrogen-bond acceptors (Lipinski definition) is 6. The molecule has 1 aromatic carbocycles. The van der Waals surface area contributed by atoms with Crippen LogP contribution in [0.3, 0.4) is 0 Å². The summed E-state index contributed by atoms with van der Waals surface area (Å²) in [6.07, 6.45) is 4.97. The van der Waals surface area contributed by atoms with Crippen molar-refractivity contribution in [3.8, 4) is 11.5 Å². The van der Waals surface area contributed by atoms with E-state index in [1.165, 1.54) is 0 Å². The first-order valence-electron chi connectivity index (χ1n) is 9.58. The van der Waals surface area contributed by atoms with Gasteiger partial charge in [-0.2, -0.15) is 0 Å². The van der Waals surface area contributed by atoms with Gasteiger partial charge in [0, 0.05) is 6.42 Å². The van der Waals surface area contributed by atoms with Crippen molar-refractivity contribution in [1.29, 1.82) is 0 Å². The van der Waals surface area contributed by atoms with Crippen molar-refractivity contribution in [3.63, 3.8) is 0 Å². The fraction of sp³-hybridized carbons (Fsp3) is 0.650. The van der Waals surface area contributed by atoms with Gasteiger partial charge in [0.2, 0.25) is 0 Å². The molecule has 1 saturated carbocycles. The molecule has 3 aliphatic rings. The van der Waals surface area contributed by atoms with Gasteiger partial charge in [0.05, 0.1) is 31.3 Å². The van der Waals surface area contributed by atoms with Gasteiger partial charge in [0.15, 0.2) is 6.29 Å². The van der Waals surface area contributed by atoms with Crippen molar-refractivity contribution in [3.05, 3.63) is 24.3 Å². The normalized spacial score (nSPS) is 30.2. The van der Waals surface area contributed by atoms with Crippen LogP contribution in [0.25, 0.3) is 0 Å². The molecular weight excluding hydrogens is 336 g/mol. The van der Waals surface area contributed by atoms with Crippen LogP contribution in [-0.4, -0.2) is 43.8 Å². The molecule has 2 saturated heterocycles. The van der Waals surface area contributed by atoms with E-state index in [4.69, 9.17) is 23.7 Å². The Kier molecular flexibility index (Phi) is 5.43. The molecule has 0 aromatic heterocycles. The van der Waals surface area contributed by atoms with Gasteiger partial charge < -0.3 is 23.7 Å². The van der Waals surface area contributed by atoms with Crippen LogP contribution in [-0.2, 0) is 19.0 Å². The molecule has 1 aromatic rings. The van der Waals surface area contributed by atoms with Gasteiger partial charge in [0.25, 0.3) is 0 Å². The third-order valence-corrected chi connectivity index (χ3v) is 5.04. The lowest BCUT2D eigenvalue weighted by molar-refractivity contribution is -0.139. The zero-order valence-electron chi connectivity index (χ0n) is 15.1. The predicted octanol–water partition coefficient (Wildman–Crippen LogP) is 3.08. The van der Waals surface area contributed by atoms with E-state index in [0.717, 1.165) is 38.7 Å². The molecule has 0 bridgehead atoms. The number of esters is 1. The third kappa shape index (κ3) is 4.75. The lowest BCUT2D eigenvalue weighted by Gasteiger charge is -2.19. The van der Waals surface area contributed by atoms with E-state index in [0.29, 0.717) is 24.2 Å². The van der Waals surface area contributed by atoms with Gasteiger partial charge in [-0.25, -0.2) is 0 Å². The maximum Gasteiger partial charge on any atom is 0.314 e. The summed E-state index contributed by atoms with van der Waals surface area (Å²) in [6, 6.07) is 7.14. The molecule has 5 unspecified atom stereocenters. The highest BCUT2D eigenvalue weighted by Crippen LogP contribution is 2.40. The molecule has 0 N–H and O–H groups in total. The first kappa shape index (κ1) is 17.8. The Labute approximate surface area is 153 Å². The molecule has 0 amide bonds. The summed E-state index contributed by atoms with van der Waals surface area (Å²) < 4.78 is 27.8. The summed E-state index contributed by atoms with van der Waals surface area (Å²) in [5, 5.41) is 0. The molecule has 5 atom stereocenters. The zero-order valence-corrected chi connectivity index (χ0v) is 15.1. The van der Waals surface area contributed by atoms with Gasteiger partial charge in [-0.1, -0.05) is 13.3 Å². The van der Waals surface area contributed by atoms with E-state index < -0.39 is 0 Å². The second-order valence-electron chi connectivity index (χ2n) is 7.24. The van der Waals surface area contributed by atoms with Crippen molar-refractivity contribution in [2.45, 2.75) is 63.6 Å². The van der Waals surface area contributed by atoms with Crippen LogP contribution < -0.4 is 9.47 Å². The summed E-state index contributed by atoms with van der Waals surface area (Å²) in [5.41, 5.74) is 0. The number of carbonyl (C=O) groups excluding carboxylic acids is 1. The van der Waals surface area contributed by atoms with Crippen molar-refractivity contribution in [2.24, 2.45) is 5.92 Å². The molecule has 4 rings (SSSR count). The minimum absolute atomic E-state index is 0.0540. The van der Waals surface area contributed by atoms with E-state index in [1.54, 1.807) is 12.1 Å². The Morgan fingerprint density at radius 1 is 1.19 bits per heavy atom. The fourth-order valence-corrected chi connectivity index (χ4v) is 3.35. The quantitative estimate of drug-likeness (QED) is 0.291. The summed E-state index contributed by atoms with van der Waals surface area (Å²) in [6.45, 7) is 3.43. The zero-order chi connectivity index (χ0) is 17.9. The van der Waals surface area contributed by atoms with E-state index in [1.807, 2.05) is 12.1 Å². The molecule has 26 heavy (non-hydrogen) atoms. The van der Waals surface area contributed by atoms with Crippen molar-refractivity contribution in [2.75, 3.05) is 13.2 Å². The molecule has 6 nitrogen and oxygen atoms in total. The Morgan fingerprint density at radius 2 is 1.96 bits per heavy atom. The number of ether oxygens (including phenoxy) is 5. The van der Waals surface area contributed by atoms with Crippen LogP contribution in [0.4, 0.5) is 0 Å². The summed E-state index contributed by atoms with van der Waals surface area (Å²) in [4.78, 5) is 12.3. The Balaban J connectivity index is 1.26. The first-order valence-corrected chi connectivity index (χ1v) is 9.58. The molecule has 0 radical (unpaired) electrons. The van der Waals surface area contributed by atoms with E-state index in [-0.39, 0.29) is 30.4 Å². The minimum atomic E-state index is -0.286. The van der Waals surface area contributed by atoms with Crippen LogP contribution in [0.15, 0.2) is 24.3 Å². The molecule has 2 heterocycles. The second-order valence-corrected chi connectivity index (χ2v) is 7.24. The van der Waals surface area contributed by atoms with Gasteiger partial charge >= 0.3 is 5.97 Å². The van der Waals surface area contributed by atoms with Crippen LogP contribution >= 0.6 is 0 Å². The average Bonchev–Trinajstić information content (AvgIpc) is 3.55. The maximum atomic E-state index is 12.3. The fourth-order valence-electron chi connectivity index (χ4n) is 3.35. The van der Waals surface area contributed by atoms with Crippen molar-refractivity contribution in [1.82, 2.24) is 0 Å². The Bertz CT molecular complexity index is 611. The average molecular weight is 362 g/mol. The van der Waals surface area contributed by atoms with Crippen molar-refractivity contribution < 1.29 is 28.5 Å². The molecule has 6 heteroatoms. The van der Waals surface area contributed by atoms with Crippen LogP contribution in [0.2, 0.25) is 0 Å². The molecule has 1 aliphatic carbocycles. The third-order valence-electron chi connectivity index (χ3n) is 5.04. The largest absolute Gasteiger partial charge is 0.465 e. The monoisotopic (exact) mass is 362 g/mol. The molecule has 0 spiro atoms. The highest BCUT2D eigenvalue weighted by molar-refractivity contribution is 5.75. The maximum absolute atomic E-state index is 12.3. The van der Waals surface area contributed by atoms with Gasteiger partial charge in [-0.05, 0) is 43.5 Å². The molecule has 142 valence electrons. The summed E-state index contributed by atoms with van der Waals surface area (Å²) in [7, 11) is 0. The van der Waals surface area contributed by atoms with Crippen molar-refractivity contribution >= 4 is 5.97 Å². The summed E-state index contributed by atoms with van der Waals surface area (Å²) in [5.74, 6) is 1.03. The van der Waals surface area contributed by atoms with E-state index in [9.17, 15) is 4.79 Å². The lowest BCUT2D eigenvalue weighted by Crippen LogP contribution is -2.25. The smallest absolute Gasteiger partial charge is 0.314 e. The topological polar surface area (TPSA) is 69.8 Å². The standard InChI is InChI=1S/C20H26O6/c1-2-3-19(23-12-16-11-22-16)24-14-5-7-15(8-6-14)25-20(21)13-4-9-17-18(10-13)26-17/h5-8,13,16-19H,2-4,9-12H2,1H3. The molecular formula is C20H26O6.